The second-order valence-corrected chi connectivity index (χ2v) is 4.47. The average Bonchev–Trinajstić information content (AvgIpc) is 3.04. The van der Waals surface area contributed by atoms with Gasteiger partial charge in [-0.1, -0.05) is 0 Å². The zero-order chi connectivity index (χ0) is 12.3. The van der Waals surface area contributed by atoms with E-state index in [0.29, 0.717) is 12.6 Å². The lowest BCUT2D eigenvalue weighted by Crippen LogP contribution is -2.29. The molecule has 1 fully saturated rings. The average molecular weight is 237 g/mol. The van der Waals surface area contributed by atoms with E-state index in [1.807, 2.05) is 6.20 Å². The molecule has 0 amide bonds. The first-order chi connectivity index (χ1) is 8.20. The molecule has 0 spiro atoms. The van der Waals surface area contributed by atoms with Gasteiger partial charge in [0, 0.05) is 31.5 Å². The smallest absolute Gasteiger partial charge is 0.304 e. The molecule has 1 aliphatic carbocycles. The Morgan fingerprint density at radius 3 is 3.00 bits per heavy atom. The number of aliphatic carboxylic acids is 1. The van der Waals surface area contributed by atoms with E-state index in [1.165, 1.54) is 12.8 Å². The lowest BCUT2D eigenvalue weighted by Gasteiger charge is -2.20. The minimum Gasteiger partial charge on any atom is -0.481 e. The summed E-state index contributed by atoms with van der Waals surface area (Å²) in [5.41, 5.74) is 0. The molecule has 1 saturated carbocycles. The maximum Gasteiger partial charge on any atom is 0.304 e. The fourth-order valence-corrected chi connectivity index (χ4v) is 2.03. The third-order valence-corrected chi connectivity index (χ3v) is 3.16. The van der Waals surface area contributed by atoms with Gasteiger partial charge in [0.25, 0.3) is 0 Å². The first-order valence-electron chi connectivity index (χ1n) is 6.16. The molecule has 94 valence electrons. The Kier molecular flexibility index (Phi) is 3.78. The molecule has 0 atom stereocenters. The number of aryl methyl sites for hydroxylation is 1. The number of imidazole rings is 1. The number of carbonyl (C=O) groups is 1. The van der Waals surface area contributed by atoms with Crippen LogP contribution in [-0.2, 0) is 17.9 Å². The first-order valence-corrected chi connectivity index (χ1v) is 6.16. The van der Waals surface area contributed by atoms with E-state index in [-0.39, 0.29) is 6.42 Å². The number of hydrogen-bond donors (Lipinski definition) is 1. The van der Waals surface area contributed by atoms with Crippen LogP contribution in [0.2, 0.25) is 0 Å². The lowest BCUT2D eigenvalue weighted by atomic mass is 10.3. The number of carboxylic acids is 1. The van der Waals surface area contributed by atoms with Gasteiger partial charge in [-0.05, 0) is 19.8 Å². The largest absolute Gasteiger partial charge is 0.481 e. The molecule has 5 heteroatoms. The van der Waals surface area contributed by atoms with Crippen molar-refractivity contribution in [2.24, 2.45) is 0 Å². The van der Waals surface area contributed by atoms with E-state index in [9.17, 15) is 4.79 Å². The van der Waals surface area contributed by atoms with E-state index < -0.39 is 5.97 Å². The Labute approximate surface area is 101 Å². The predicted molar refractivity (Wildman–Crippen MR) is 63.6 cm³/mol. The highest BCUT2D eigenvalue weighted by Crippen LogP contribution is 2.28. The highest BCUT2D eigenvalue weighted by Gasteiger charge is 2.29. The van der Waals surface area contributed by atoms with Crippen LogP contribution in [0, 0.1) is 0 Å². The number of hydrogen-bond acceptors (Lipinski definition) is 3. The Morgan fingerprint density at radius 1 is 1.65 bits per heavy atom. The molecule has 1 aromatic heterocycles. The van der Waals surface area contributed by atoms with Crippen LogP contribution in [0.25, 0.3) is 0 Å². The summed E-state index contributed by atoms with van der Waals surface area (Å²) in [6, 6.07) is 0.566. The van der Waals surface area contributed by atoms with E-state index in [2.05, 4.69) is 21.4 Å². The van der Waals surface area contributed by atoms with Crippen LogP contribution in [0.4, 0.5) is 0 Å². The Morgan fingerprint density at radius 2 is 2.41 bits per heavy atom. The van der Waals surface area contributed by atoms with Crippen molar-refractivity contribution >= 4 is 5.97 Å². The maximum absolute atomic E-state index is 10.6. The summed E-state index contributed by atoms with van der Waals surface area (Å²) in [5, 5.41) is 8.74. The van der Waals surface area contributed by atoms with Crippen molar-refractivity contribution in [1.29, 1.82) is 0 Å². The van der Waals surface area contributed by atoms with Crippen LogP contribution in [-0.4, -0.2) is 38.1 Å². The summed E-state index contributed by atoms with van der Waals surface area (Å²) in [6.07, 6.45) is 6.36. The highest BCUT2D eigenvalue weighted by molar-refractivity contribution is 5.66. The van der Waals surface area contributed by atoms with Gasteiger partial charge in [0.2, 0.25) is 0 Å². The molecule has 0 saturated heterocycles. The van der Waals surface area contributed by atoms with Crippen LogP contribution in [0.15, 0.2) is 12.4 Å². The van der Waals surface area contributed by atoms with Crippen molar-refractivity contribution in [2.75, 3.05) is 6.54 Å². The van der Waals surface area contributed by atoms with Gasteiger partial charge in [0.1, 0.15) is 5.82 Å². The van der Waals surface area contributed by atoms with Gasteiger partial charge in [0.15, 0.2) is 0 Å². The number of rotatable bonds is 7. The van der Waals surface area contributed by atoms with Crippen molar-refractivity contribution in [1.82, 2.24) is 14.5 Å². The van der Waals surface area contributed by atoms with Crippen molar-refractivity contribution in [3.63, 3.8) is 0 Å². The Hall–Kier alpha value is -1.36. The van der Waals surface area contributed by atoms with Crippen molar-refractivity contribution in [3.8, 4) is 0 Å². The van der Waals surface area contributed by atoms with E-state index in [4.69, 9.17) is 5.11 Å². The van der Waals surface area contributed by atoms with Crippen LogP contribution in [0.3, 0.4) is 0 Å². The van der Waals surface area contributed by atoms with Gasteiger partial charge < -0.3 is 9.67 Å². The summed E-state index contributed by atoms with van der Waals surface area (Å²) in [7, 11) is 0. The molecule has 17 heavy (non-hydrogen) atoms. The van der Waals surface area contributed by atoms with Gasteiger partial charge in [-0.15, -0.1) is 0 Å². The molecule has 1 aliphatic rings. The third-order valence-electron chi connectivity index (χ3n) is 3.16. The zero-order valence-corrected chi connectivity index (χ0v) is 10.2. The van der Waals surface area contributed by atoms with Gasteiger partial charge in [0.05, 0.1) is 13.0 Å². The monoisotopic (exact) mass is 237 g/mol. The van der Waals surface area contributed by atoms with E-state index >= 15 is 0 Å². The molecule has 1 heterocycles. The second-order valence-electron chi connectivity index (χ2n) is 4.47. The number of carboxylic acid groups (broad SMARTS) is 1. The van der Waals surface area contributed by atoms with Crippen LogP contribution in [0.1, 0.15) is 32.0 Å². The Balaban J connectivity index is 1.95. The summed E-state index contributed by atoms with van der Waals surface area (Å²) in [5.74, 6) is 0.305. The van der Waals surface area contributed by atoms with E-state index in [1.54, 1.807) is 6.20 Å². The van der Waals surface area contributed by atoms with Gasteiger partial charge in [-0.25, -0.2) is 4.98 Å². The molecular weight excluding hydrogens is 218 g/mol. The van der Waals surface area contributed by atoms with Crippen molar-refractivity contribution < 1.29 is 9.90 Å². The SMILES string of the molecule is CCn1ccnc1CN(CCC(=O)O)C1CC1. The summed E-state index contributed by atoms with van der Waals surface area (Å²) < 4.78 is 2.11. The molecular formula is C12H19N3O2. The minimum absolute atomic E-state index is 0.212. The molecule has 5 nitrogen and oxygen atoms in total. The topological polar surface area (TPSA) is 58.4 Å². The standard InChI is InChI=1S/C12H19N3O2/c1-2-14-8-6-13-11(14)9-15(10-3-4-10)7-5-12(16)17/h6,8,10H,2-5,7,9H2,1H3,(H,16,17). The molecule has 0 aliphatic heterocycles. The number of nitrogens with zero attached hydrogens (tertiary/aromatic N) is 3. The summed E-state index contributed by atoms with van der Waals surface area (Å²) >= 11 is 0. The minimum atomic E-state index is -0.727. The van der Waals surface area contributed by atoms with E-state index in [0.717, 1.165) is 18.9 Å². The fourth-order valence-electron chi connectivity index (χ4n) is 2.03. The van der Waals surface area contributed by atoms with Crippen LogP contribution >= 0.6 is 0 Å². The first kappa shape index (κ1) is 12.1. The maximum atomic E-state index is 10.6. The van der Waals surface area contributed by atoms with Crippen molar-refractivity contribution in [2.45, 2.75) is 45.3 Å². The molecule has 0 unspecified atom stereocenters. The van der Waals surface area contributed by atoms with Crippen LogP contribution in [0.5, 0.6) is 0 Å². The molecule has 0 bridgehead atoms. The van der Waals surface area contributed by atoms with Crippen LogP contribution < -0.4 is 0 Å². The molecule has 1 N–H and O–H groups in total. The Bertz CT molecular complexity index is 385. The fraction of sp³-hybridized carbons (Fsp3) is 0.667. The molecule has 2 rings (SSSR count). The number of aromatic nitrogens is 2. The molecule has 0 radical (unpaired) electrons. The molecule has 1 aromatic rings. The highest BCUT2D eigenvalue weighted by atomic mass is 16.4. The summed E-state index contributed by atoms with van der Waals surface area (Å²) in [4.78, 5) is 17.2. The van der Waals surface area contributed by atoms with Crippen molar-refractivity contribution in [3.05, 3.63) is 18.2 Å². The van der Waals surface area contributed by atoms with Gasteiger partial charge in [-0.2, -0.15) is 0 Å². The van der Waals surface area contributed by atoms with Gasteiger partial charge >= 0.3 is 5.97 Å². The zero-order valence-electron chi connectivity index (χ0n) is 10.2. The third kappa shape index (κ3) is 3.30. The van der Waals surface area contributed by atoms with Gasteiger partial charge in [-0.3, -0.25) is 9.69 Å². The predicted octanol–water partition coefficient (Wildman–Crippen LogP) is 1.34. The normalized spacial score (nSPS) is 15.4. The lowest BCUT2D eigenvalue weighted by molar-refractivity contribution is -0.137. The summed E-state index contributed by atoms with van der Waals surface area (Å²) in [6.45, 7) is 4.38. The molecule has 0 aromatic carbocycles. The second kappa shape index (κ2) is 5.31. The quantitative estimate of drug-likeness (QED) is 0.777.